The summed E-state index contributed by atoms with van der Waals surface area (Å²) < 4.78 is 43.2. The molecule has 4 amide bonds. The lowest BCUT2D eigenvalue weighted by Crippen LogP contribution is -2.32. The van der Waals surface area contributed by atoms with Gasteiger partial charge in [-0.3, -0.25) is 19.2 Å². The molecule has 0 saturated carbocycles. The van der Waals surface area contributed by atoms with Gasteiger partial charge in [-0.1, -0.05) is 6.42 Å². The highest BCUT2D eigenvalue weighted by molar-refractivity contribution is 6.01. The number of nitrogens with one attached hydrogen (secondary N) is 2. The summed E-state index contributed by atoms with van der Waals surface area (Å²) in [7, 11) is 0. The molecule has 0 aromatic carbocycles. The number of ether oxygens (including phenoxy) is 8. The number of rotatable bonds is 35. The Bertz CT molecular complexity index is 820. The van der Waals surface area contributed by atoms with Crippen LogP contribution in [0.15, 0.2) is 0 Å². The van der Waals surface area contributed by atoms with Crippen LogP contribution in [0.3, 0.4) is 0 Å². The van der Waals surface area contributed by atoms with Gasteiger partial charge in [0.2, 0.25) is 12.3 Å². The summed E-state index contributed by atoms with van der Waals surface area (Å²) in [5.41, 5.74) is 0. The predicted molar refractivity (Wildman–Crippen MR) is 164 cm³/mol. The van der Waals surface area contributed by atoms with Crippen molar-refractivity contribution in [3.63, 3.8) is 0 Å². The Morgan fingerprint density at radius 2 is 0.979 bits per heavy atom. The third kappa shape index (κ3) is 26.9. The lowest BCUT2D eigenvalue weighted by Gasteiger charge is -2.12. The SMILES string of the molecule is O=CNCCCCCC(=O)NCCOCCOCCOCCOCCOCCOCCOCCOCCC(=O)ON1C(=O)CCC1=O. The molecule has 0 aromatic heterocycles. The molecule has 1 rings (SSSR count). The Morgan fingerprint density at radius 1 is 0.553 bits per heavy atom. The number of nitrogens with zero attached hydrogens (tertiary/aromatic N) is 1. The highest BCUT2D eigenvalue weighted by atomic mass is 16.7. The average Bonchev–Trinajstić information content (AvgIpc) is 3.38. The van der Waals surface area contributed by atoms with E-state index in [0.717, 1.165) is 19.3 Å². The van der Waals surface area contributed by atoms with Gasteiger partial charge >= 0.3 is 5.97 Å². The Balaban J connectivity index is 1.68. The molecule has 0 bridgehead atoms. The van der Waals surface area contributed by atoms with Crippen molar-refractivity contribution in [2.45, 2.75) is 44.9 Å². The van der Waals surface area contributed by atoms with Gasteiger partial charge in [0.25, 0.3) is 11.8 Å². The van der Waals surface area contributed by atoms with Gasteiger partial charge in [0.05, 0.1) is 112 Å². The second kappa shape index (κ2) is 31.8. The molecule has 1 saturated heterocycles. The fourth-order valence-electron chi connectivity index (χ4n) is 3.70. The zero-order chi connectivity index (χ0) is 34.0. The van der Waals surface area contributed by atoms with Crippen molar-refractivity contribution >= 4 is 30.1 Å². The van der Waals surface area contributed by atoms with Crippen LogP contribution >= 0.6 is 0 Å². The minimum Gasteiger partial charge on any atom is -0.378 e. The van der Waals surface area contributed by atoms with Crippen LogP contribution in [-0.2, 0) is 66.7 Å². The van der Waals surface area contributed by atoms with Crippen LogP contribution in [0.5, 0.6) is 0 Å². The van der Waals surface area contributed by atoms with E-state index in [0.29, 0.717) is 123 Å². The highest BCUT2D eigenvalue weighted by Crippen LogP contribution is 2.12. The van der Waals surface area contributed by atoms with Crippen molar-refractivity contribution in [1.82, 2.24) is 15.7 Å². The lowest BCUT2D eigenvalue weighted by atomic mass is 10.2. The molecule has 2 N–H and O–H groups in total. The van der Waals surface area contributed by atoms with Gasteiger partial charge in [-0.05, 0) is 12.8 Å². The molecule has 17 heteroatoms. The topological polar surface area (TPSA) is 196 Å². The summed E-state index contributed by atoms with van der Waals surface area (Å²) in [6, 6.07) is 0. The Kier molecular flexibility index (Phi) is 28.6. The number of hydrogen-bond acceptors (Lipinski definition) is 14. The summed E-state index contributed by atoms with van der Waals surface area (Å²) in [5.74, 6) is -1.73. The molecule has 1 fully saturated rings. The van der Waals surface area contributed by atoms with Gasteiger partial charge < -0.3 is 53.4 Å². The van der Waals surface area contributed by atoms with Gasteiger partial charge in [-0.25, -0.2) is 4.79 Å². The second-order valence-corrected chi connectivity index (χ2v) is 9.93. The maximum Gasteiger partial charge on any atom is 0.335 e. The summed E-state index contributed by atoms with van der Waals surface area (Å²) in [5, 5.41) is 5.92. The first-order chi connectivity index (χ1) is 23.0. The molecule has 272 valence electrons. The smallest absolute Gasteiger partial charge is 0.335 e. The number of carbonyl (C=O) groups is 5. The molecule has 0 aromatic rings. The number of hydrogen-bond donors (Lipinski definition) is 2. The summed E-state index contributed by atoms with van der Waals surface area (Å²) in [6.45, 7) is 7.51. The molecule has 1 aliphatic rings. The molecule has 0 unspecified atom stereocenters. The molecular formula is C30H53N3O14. The lowest BCUT2D eigenvalue weighted by molar-refractivity contribution is -0.198. The zero-order valence-corrected chi connectivity index (χ0v) is 27.4. The van der Waals surface area contributed by atoms with Gasteiger partial charge in [0.15, 0.2) is 0 Å². The van der Waals surface area contributed by atoms with Crippen molar-refractivity contribution in [3.8, 4) is 0 Å². The molecule has 1 heterocycles. The van der Waals surface area contributed by atoms with E-state index < -0.39 is 17.8 Å². The van der Waals surface area contributed by atoms with Gasteiger partial charge in [0.1, 0.15) is 0 Å². The third-order valence-corrected chi connectivity index (χ3v) is 6.13. The fourth-order valence-corrected chi connectivity index (χ4v) is 3.70. The number of imide groups is 1. The van der Waals surface area contributed by atoms with E-state index in [4.69, 9.17) is 42.7 Å². The van der Waals surface area contributed by atoms with E-state index in [1.165, 1.54) is 0 Å². The summed E-state index contributed by atoms with van der Waals surface area (Å²) in [4.78, 5) is 61.0. The first-order valence-electron chi connectivity index (χ1n) is 16.2. The van der Waals surface area contributed by atoms with Crippen molar-refractivity contribution in [2.24, 2.45) is 0 Å². The highest BCUT2D eigenvalue weighted by Gasteiger charge is 2.32. The number of unbranched alkanes of at least 4 members (excludes halogenated alkanes) is 2. The fraction of sp³-hybridized carbons (Fsp3) is 0.833. The Hall–Kier alpha value is -2.77. The zero-order valence-electron chi connectivity index (χ0n) is 27.4. The Labute approximate surface area is 276 Å². The molecule has 0 atom stereocenters. The van der Waals surface area contributed by atoms with Crippen LogP contribution in [0.25, 0.3) is 0 Å². The maximum absolute atomic E-state index is 11.7. The minimum atomic E-state index is -0.703. The van der Waals surface area contributed by atoms with Crippen molar-refractivity contribution < 1.29 is 66.7 Å². The molecule has 1 aliphatic heterocycles. The molecular weight excluding hydrogens is 626 g/mol. The Morgan fingerprint density at radius 3 is 1.43 bits per heavy atom. The van der Waals surface area contributed by atoms with Crippen molar-refractivity contribution in [1.29, 1.82) is 0 Å². The quantitative estimate of drug-likeness (QED) is 0.0496. The third-order valence-electron chi connectivity index (χ3n) is 6.13. The molecule has 47 heavy (non-hydrogen) atoms. The van der Waals surface area contributed by atoms with Gasteiger partial charge in [0, 0.05) is 32.4 Å². The van der Waals surface area contributed by atoms with Crippen molar-refractivity contribution in [2.75, 3.05) is 119 Å². The second-order valence-electron chi connectivity index (χ2n) is 9.93. The van der Waals surface area contributed by atoms with E-state index in [9.17, 15) is 24.0 Å². The van der Waals surface area contributed by atoms with E-state index in [-0.39, 0.29) is 38.4 Å². The normalized spacial score (nSPS) is 12.9. The number of amides is 4. The minimum absolute atomic E-state index is 0.00437. The van der Waals surface area contributed by atoms with Gasteiger partial charge in [-0.15, -0.1) is 5.06 Å². The summed E-state index contributed by atoms with van der Waals surface area (Å²) in [6.07, 6.45) is 3.75. The maximum atomic E-state index is 11.7. The van der Waals surface area contributed by atoms with Crippen LogP contribution in [0.2, 0.25) is 0 Å². The predicted octanol–water partition coefficient (Wildman–Crippen LogP) is -0.461. The monoisotopic (exact) mass is 679 g/mol. The van der Waals surface area contributed by atoms with Crippen LogP contribution in [0.1, 0.15) is 44.9 Å². The van der Waals surface area contributed by atoms with E-state index in [1.54, 1.807) is 0 Å². The molecule has 0 aliphatic carbocycles. The first kappa shape index (κ1) is 42.3. The molecule has 0 radical (unpaired) electrons. The van der Waals surface area contributed by atoms with Crippen molar-refractivity contribution in [3.05, 3.63) is 0 Å². The first-order valence-corrected chi connectivity index (χ1v) is 16.2. The largest absolute Gasteiger partial charge is 0.378 e. The van der Waals surface area contributed by atoms with E-state index >= 15 is 0 Å². The van der Waals surface area contributed by atoms with E-state index in [2.05, 4.69) is 10.6 Å². The molecule has 17 nitrogen and oxygen atoms in total. The number of carbonyl (C=O) groups excluding carboxylic acids is 5. The van der Waals surface area contributed by atoms with Crippen LogP contribution < -0.4 is 10.6 Å². The average molecular weight is 680 g/mol. The number of hydroxylamine groups is 2. The van der Waals surface area contributed by atoms with Crippen LogP contribution in [0.4, 0.5) is 0 Å². The van der Waals surface area contributed by atoms with E-state index in [1.807, 2.05) is 0 Å². The molecule has 0 spiro atoms. The standard InChI is InChI=1S/C30H53N3O14/c34-26-31-8-3-1-2-4-27(35)32-9-11-40-13-15-42-17-19-44-21-23-46-25-24-45-22-20-43-18-16-41-14-12-39-10-7-30(38)47-33-28(36)5-6-29(33)37/h26H,1-25H2,(H,31,34)(H,32,35). The summed E-state index contributed by atoms with van der Waals surface area (Å²) >= 11 is 0. The van der Waals surface area contributed by atoms with Gasteiger partial charge in [-0.2, -0.15) is 0 Å². The van der Waals surface area contributed by atoms with Crippen LogP contribution in [0, 0.1) is 0 Å². The van der Waals surface area contributed by atoms with Crippen LogP contribution in [-0.4, -0.2) is 154 Å².